The standard InChI is InChI=1S/C17H27NO2/c1-4-14-7-9-18(10-8-14)12-16(19)15-11-13(2)5-6-17(15)20-3/h5-6,11,14,16,19H,4,7-10,12H2,1-3H3. The van der Waals surface area contributed by atoms with Crippen LogP contribution in [0.15, 0.2) is 18.2 Å². The number of benzene rings is 1. The Labute approximate surface area is 122 Å². The van der Waals surface area contributed by atoms with Crippen LogP contribution in [0.4, 0.5) is 0 Å². The number of rotatable bonds is 5. The number of β-amino-alcohol motifs (C(OH)–C–C–N with tert-alkyl or cyclic N) is 1. The van der Waals surface area contributed by atoms with Gasteiger partial charge in [-0.3, -0.25) is 0 Å². The highest BCUT2D eigenvalue weighted by Gasteiger charge is 2.22. The highest BCUT2D eigenvalue weighted by molar-refractivity contribution is 5.38. The van der Waals surface area contributed by atoms with Crippen LogP contribution in [-0.4, -0.2) is 36.8 Å². The van der Waals surface area contributed by atoms with Gasteiger partial charge in [0, 0.05) is 12.1 Å². The molecule has 0 radical (unpaired) electrons. The molecule has 1 N–H and O–H groups in total. The zero-order valence-corrected chi connectivity index (χ0v) is 12.9. The number of aliphatic hydroxyl groups is 1. The maximum absolute atomic E-state index is 10.5. The fraction of sp³-hybridized carbons (Fsp3) is 0.647. The Morgan fingerprint density at radius 1 is 1.35 bits per heavy atom. The van der Waals surface area contributed by atoms with Crippen LogP contribution in [-0.2, 0) is 0 Å². The van der Waals surface area contributed by atoms with Gasteiger partial charge < -0.3 is 14.7 Å². The Morgan fingerprint density at radius 3 is 2.65 bits per heavy atom. The summed E-state index contributed by atoms with van der Waals surface area (Å²) in [7, 11) is 1.66. The van der Waals surface area contributed by atoms with E-state index < -0.39 is 6.10 Å². The molecule has 1 aromatic rings. The predicted molar refractivity (Wildman–Crippen MR) is 82.1 cm³/mol. The van der Waals surface area contributed by atoms with Gasteiger partial charge in [0.05, 0.1) is 13.2 Å². The molecule has 0 spiro atoms. The van der Waals surface area contributed by atoms with Gasteiger partial charge in [-0.25, -0.2) is 0 Å². The number of ether oxygens (including phenoxy) is 1. The number of aryl methyl sites for hydroxylation is 1. The smallest absolute Gasteiger partial charge is 0.124 e. The van der Waals surface area contributed by atoms with E-state index in [1.807, 2.05) is 25.1 Å². The Kier molecular flexibility index (Phi) is 5.44. The summed E-state index contributed by atoms with van der Waals surface area (Å²) < 4.78 is 5.37. The molecule has 0 bridgehead atoms. The second kappa shape index (κ2) is 7.09. The third-order valence-electron chi connectivity index (χ3n) is 4.46. The molecule has 0 aromatic heterocycles. The predicted octanol–water partition coefficient (Wildman–Crippen LogP) is 3.16. The van der Waals surface area contributed by atoms with Gasteiger partial charge >= 0.3 is 0 Å². The molecule has 1 aromatic carbocycles. The van der Waals surface area contributed by atoms with Crippen molar-refractivity contribution < 1.29 is 9.84 Å². The Hall–Kier alpha value is -1.06. The van der Waals surface area contributed by atoms with E-state index in [0.29, 0.717) is 6.54 Å². The minimum absolute atomic E-state index is 0.469. The highest BCUT2D eigenvalue weighted by atomic mass is 16.5. The first kappa shape index (κ1) is 15.3. The number of hydrogen-bond donors (Lipinski definition) is 1. The molecule has 1 heterocycles. The molecule has 3 heteroatoms. The molecular formula is C17H27NO2. The molecule has 0 saturated carbocycles. The first-order chi connectivity index (χ1) is 9.63. The molecule has 0 amide bonds. The summed E-state index contributed by atoms with van der Waals surface area (Å²) in [4.78, 5) is 2.37. The van der Waals surface area contributed by atoms with Gasteiger partial charge in [0.1, 0.15) is 5.75 Å². The maximum Gasteiger partial charge on any atom is 0.124 e. The van der Waals surface area contributed by atoms with Gasteiger partial charge in [-0.15, -0.1) is 0 Å². The lowest BCUT2D eigenvalue weighted by Gasteiger charge is -2.33. The topological polar surface area (TPSA) is 32.7 Å². The van der Waals surface area contributed by atoms with Gasteiger partial charge in [-0.05, 0) is 50.9 Å². The average molecular weight is 277 g/mol. The van der Waals surface area contributed by atoms with E-state index in [2.05, 4.69) is 11.8 Å². The lowest BCUT2D eigenvalue weighted by atomic mass is 9.94. The number of likely N-dealkylation sites (tertiary alicyclic amines) is 1. The lowest BCUT2D eigenvalue weighted by Crippen LogP contribution is -2.36. The third-order valence-corrected chi connectivity index (χ3v) is 4.46. The monoisotopic (exact) mass is 277 g/mol. The fourth-order valence-electron chi connectivity index (χ4n) is 3.03. The van der Waals surface area contributed by atoms with E-state index in [1.54, 1.807) is 7.11 Å². The van der Waals surface area contributed by atoms with Crippen molar-refractivity contribution in [2.24, 2.45) is 5.92 Å². The molecule has 1 unspecified atom stereocenters. The SMILES string of the molecule is CCC1CCN(CC(O)c2cc(C)ccc2OC)CC1. The first-order valence-electron chi connectivity index (χ1n) is 7.69. The minimum atomic E-state index is -0.469. The van der Waals surface area contributed by atoms with Gasteiger partial charge in [0.25, 0.3) is 0 Å². The first-order valence-corrected chi connectivity index (χ1v) is 7.69. The second-order valence-corrected chi connectivity index (χ2v) is 5.91. The number of nitrogens with zero attached hydrogens (tertiary/aromatic N) is 1. The Bertz CT molecular complexity index is 425. The second-order valence-electron chi connectivity index (χ2n) is 5.91. The summed E-state index contributed by atoms with van der Waals surface area (Å²) >= 11 is 0. The molecule has 2 rings (SSSR count). The van der Waals surface area contributed by atoms with E-state index >= 15 is 0 Å². The highest BCUT2D eigenvalue weighted by Crippen LogP contribution is 2.28. The van der Waals surface area contributed by atoms with Gasteiger partial charge in [-0.2, -0.15) is 0 Å². The van der Waals surface area contributed by atoms with Crippen LogP contribution in [0, 0.1) is 12.8 Å². The largest absolute Gasteiger partial charge is 0.496 e. The molecule has 1 aliphatic heterocycles. The molecule has 20 heavy (non-hydrogen) atoms. The number of aliphatic hydroxyl groups excluding tert-OH is 1. The minimum Gasteiger partial charge on any atom is -0.496 e. The summed E-state index contributed by atoms with van der Waals surface area (Å²) in [6.07, 6.45) is 3.33. The summed E-state index contributed by atoms with van der Waals surface area (Å²) in [6, 6.07) is 5.99. The summed E-state index contributed by atoms with van der Waals surface area (Å²) in [6.45, 7) is 7.22. The summed E-state index contributed by atoms with van der Waals surface area (Å²) in [5, 5.41) is 10.5. The quantitative estimate of drug-likeness (QED) is 0.897. The van der Waals surface area contributed by atoms with Gasteiger partial charge in [-0.1, -0.05) is 25.0 Å². The van der Waals surface area contributed by atoms with Crippen molar-refractivity contribution in [2.45, 2.75) is 39.2 Å². The van der Waals surface area contributed by atoms with E-state index in [4.69, 9.17) is 4.74 Å². The van der Waals surface area contributed by atoms with Crippen LogP contribution in [0.1, 0.15) is 43.4 Å². The zero-order chi connectivity index (χ0) is 14.5. The normalized spacial score (nSPS) is 19.0. The molecule has 112 valence electrons. The molecule has 0 aliphatic carbocycles. The van der Waals surface area contributed by atoms with Gasteiger partial charge in [0.15, 0.2) is 0 Å². The van der Waals surface area contributed by atoms with Crippen molar-refractivity contribution in [3.63, 3.8) is 0 Å². The number of methoxy groups -OCH3 is 1. The van der Waals surface area contributed by atoms with Crippen LogP contribution >= 0.6 is 0 Å². The maximum atomic E-state index is 10.5. The number of hydrogen-bond acceptors (Lipinski definition) is 3. The molecule has 3 nitrogen and oxygen atoms in total. The average Bonchev–Trinajstić information content (AvgIpc) is 2.48. The summed E-state index contributed by atoms with van der Waals surface area (Å²) in [5.41, 5.74) is 2.06. The third kappa shape index (κ3) is 3.74. The number of piperidine rings is 1. The summed E-state index contributed by atoms with van der Waals surface area (Å²) in [5.74, 6) is 1.66. The zero-order valence-electron chi connectivity index (χ0n) is 12.9. The van der Waals surface area contributed by atoms with Crippen LogP contribution in [0.25, 0.3) is 0 Å². The Balaban J connectivity index is 1.98. The van der Waals surface area contributed by atoms with Crippen molar-refractivity contribution in [2.75, 3.05) is 26.7 Å². The molecule has 1 saturated heterocycles. The van der Waals surface area contributed by atoms with Crippen LogP contribution in [0.2, 0.25) is 0 Å². The van der Waals surface area contributed by atoms with Crippen molar-refractivity contribution >= 4 is 0 Å². The van der Waals surface area contributed by atoms with Crippen LogP contribution < -0.4 is 4.74 Å². The molecule has 1 fully saturated rings. The lowest BCUT2D eigenvalue weighted by molar-refractivity contribution is 0.0871. The fourth-order valence-corrected chi connectivity index (χ4v) is 3.03. The molecule has 1 atom stereocenters. The molecule has 1 aliphatic rings. The van der Waals surface area contributed by atoms with Crippen LogP contribution in [0.5, 0.6) is 5.75 Å². The van der Waals surface area contributed by atoms with E-state index in [-0.39, 0.29) is 0 Å². The van der Waals surface area contributed by atoms with Crippen molar-refractivity contribution in [1.82, 2.24) is 4.90 Å². The Morgan fingerprint density at radius 2 is 2.05 bits per heavy atom. The van der Waals surface area contributed by atoms with Crippen molar-refractivity contribution in [3.05, 3.63) is 29.3 Å². The van der Waals surface area contributed by atoms with Crippen molar-refractivity contribution in [3.8, 4) is 5.75 Å². The van der Waals surface area contributed by atoms with Crippen LogP contribution in [0.3, 0.4) is 0 Å². The van der Waals surface area contributed by atoms with E-state index in [9.17, 15) is 5.11 Å². The van der Waals surface area contributed by atoms with E-state index in [0.717, 1.165) is 35.9 Å². The van der Waals surface area contributed by atoms with Crippen molar-refractivity contribution in [1.29, 1.82) is 0 Å². The van der Waals surface area contributed by atoms with E-state index in [1.165, 1.54) is 19.3 Å². The van der Waals surface area contributed by atoms with Gasteiger partial charge in [0.2, 0.25) is 0 Å². The molecular weight excluding hydrogens is 250 g/mol.